The third kappa shape index (κ3) is 4.25. The van der Waals surface area contributed by atoms with Crippen molar-refractivity contribution in [1.29, 1.82) is 0 Å². The number of ketones is 1. The summed E-state index contributed by atoms with van der Waals surface area (Å²) in [6.07, 6.45) is 2.67. The predicted octanol–water partition coefficient (Wildman–Crippen LogP) is 4.10. The third-order valence-electron chi connectivity index (χ3n) is 7.12. The normalized spacial score (nSPS) is 18.1. The highest BCUT2D eigenvalue weighted by atomic mass is 32.2. The van der Waals surface area contributed by atoms with Gasteiger partial charge in [0.05, 0.1) is 5.56 Å². The number of nitrogens with one attached hydrogen (secondary N) is 1. The van der Waals surface area contributed by atoms with Gasteiger partial charge in [-0.2, -0.15) is 25.9 Å². The van der Waals surface area contributed by atoms with E-state index in [0.717, 1.165) is 22.0 Å². The predicted molar refractivity (Wildman–Crippen MR) is 137 cm³/mol. The molecule has 0 unspecified atom stereocenters. The van der Waals surface area contributed by atoms with Crippen LogP contribution in [0.3, 0.4) is 0 Å². The van der Waals surface area contributed by atoms with Crippen LogP contribution in [0.15, 0.2) is 40.2 Å². The zero-order valence-corrected chi connectivity index (χ0v) is 22.7. The van der Waals surface area contributed by atoms with Crippen LogP contribution < -0.4 is 4.18 Å². The number of carbonyl (C=O) groups excluding carboxylic acids is 1. The highest BCUT2D eigenvalue weighted by molar-refractivity contribution is 7.89. The molecule has 1 saturated heterocycles. The first-order chi connectivity index (χ1) is 18.1. The fraction of sp³-hybridized carbons (Fsp3) is 0.360. The van der Waals surface area contributed by atoms with Crippen molar-refractivity contribution >= 4 is 43.0 Å². The quantitative estimate of drug-likeness (QED) is 0.274. The van der Waals surface area contributed by atoms with E-state index < -0.39 is 47.5 Å². The van der Waals surface area contributed by atoms with Crippen LogP contribution in [0, 0.1) is 0 Å². The standard InChI is InChI=1S/C25H24F3N3O6S2/c1-24(2)17-12-19(37-39(35,36)25(26,27)28)20(38(33,34)31-8-4-5-9-31)11-16(17)22(32)21-15-7-6-14(13-29-3)10-18(15)30-23(21)24/h6-7,10-13,30H,4-5,8-9H2,1-3H3/b29-13-. The first-order valence-electron chi connectivity index (χ1n) is 11.9. The molecular formula is C25H24F3N3O6S2. The average molecular weight is 584 g/mol. The van der Waals surface area contributed by atoms with E-state index in [9.17, 15) is 34.8 Å². The molecule has 1 aliphatic heterocycles. The minimum Gasteiger partial charge on any atom is -0.375 e. The summed E-state index contributed by atoms with van der Waals surface area (Å²) in [5.74, 6) is -1.56. The lowest BCUT2D eigenvalue weighted by molar-refractivity contribution is -0.0501. The van der Waals surface area contributed by atoms with Gasteiger partial charge in [0.2, 0.25) is 10.0 Å². The van der Waals surface area contributed by atoms with Gasteiger partial charge in [0.15, 0.2) is 11.5 Å². The molecule has 1 N–H and O–H groups in total. The van der Waals surface area contributed by atoms with Crippen LogP contribution in [0.5, 0.6) is 5.75 Å². The van der Waals surface area contributed by atoms with E-state index >= 15 is 0 Å². The number of H-pyrrole nitrogens is 1. The lowest BCUT2D eigenvalue weighted by Gasteiger charge is -2.33. The smallest absolute Gasteiger partial charge is 0.375 e. The lowest BCUT2D eigenvalue weighted by atomic mass is 9.71. The van der Waals surface area contributed by atoms with Crippen LogP contribution in [-0.4, -0.2) is 63.8 Å². The molecule has 39 heavy (non-hydrogen) atoms. The Hall–Kier alpha value is -3.23. The number of benzene rings is 2. The summed E-state index contributed by atoms with van der Waals surface area (Å²) in [4.78, 5) is 20.2. The number of aliphatic imine (C=N–C) groups is 1. The minimum atomic E-state index is -6.21. The Kier molecular flexibility index (Phi) is 6.24. The summed E-state index contributed by atoms with van der Waals surface area (Å²) in [6, 6.07) is 7.14. The van der Waals surface area contributed by atoms with E-state index in [2.05, 4.69) is 14.2 Å². The first-order valence-corrected chi connectivity index (χ1v) is 14.8. The number of alkyl halides is 3. The second-order valence-electron chi connectivity index (χ2n) is 9.96. The van der Waals surface area contributed by atoms with Gasteiger partial charge < -0.3 is 9.17 Å². The van der Waals surface area contributed by atoms with Gasteiger partial charge in [0.1, 0.15) is 4.90 Å². The fourth-order valence-electron chi connectivity index (χ4n) is 5.18. The number of nitrogens with zero attached hydrogens (tertiary/aromatic N) is 2. The van der Waals surface area contributed by atoms with E-state index in [1.54, 1.807) is 45.3 Å². The Morgan fingerprint density at radius 3 is 2.36 bits per heavy atom. The number of aromatic amines is 1. The summed E-state index contributed by atoms with van der Waals surface area (Å²) in [7, 11) is -9.10. The van der Waals surface area contributed by atoms with Crippen LogP contribution in [0.25, 0.3) is 10.9 Å². The summed E-state index contributed by atoms with van der Waals surface area (Å²) >= 11 is 0. The minimum absolute atomic E-state index is 0.0675. The molecule has 2 aliphatic rings. The molecule has 3 aromatic rings. The van der Waals surface area contributed by atoms with Crippen LogP contribution >= 0.6 is 0 Å². The summed E-state index contributed by atoms with van der Waals surface area (Å²) in [5, 5.41) is 0.575. The molecule has 0 radical (unpaired) electrons. The Balaban J connectivity index is 1.77. The SMILES string of the molecule is C/N=C\c1ccc2c3c([nH]c2c1)C(C)(C)c1cc(OS(=O)(=O)C(F)(F)F)c(S(=O)(=O)N2CCCC2)cc1C3=O. The van der Waals surface area contributed by atoms with Crippen LogP contribution in [0.2, 0.25) is 0 Å². The number of carbonyl (C=O) groups is 1. The van der Waals surface area contributed by atoms with Gasteiger partial charge in [-0.25, -0.2) is 8.42 Å². The number of aromatic nitrogens is 1. The second-order valence-corrected chi connectivity index (χ2v) is 13.4. The Morgan fingerprint density at radius 1 is 1.08 bits per heavy atom. The Bertz CT molecular complexity index is 1770. The largest absolute Gasteiger partial charge is 0.534 e. The molecule has 14 heteroatoms. The van der Waals surface area contributed by atoms with Gasteiger partial charge in [-0.3, -0.25) is 9.79 Å². The average Bonchev–Trinajstić information content (AvgIpc) is 3.51. The Labute approximate surface area is 222 Å². The molecule has 208 valence electrons. The molecule has 1 fully saturated rings. The van der Waals surface area contributed by atoms with Gasteiger partial charge in [-0.15, -0.1) is 0 Å². The van der Waals surface area contributed by atoms with Gasteiger partial charge in [0, 0.05) is 53.9 Å². The number of hydrogen-bond donors (Lipinski definition) is 1. The summed E-state index contributed by atoms with van der Waals surface area (Å²) < 4.78 is 96.2. The number of sulfonamides is 1. The van der Waals surface area contributed by atoms with Crippen LogP contribution in [-0.2, 0) is 25.6 Å². The molecule has 9 nitrogen and oxygen atoms in total. The zero-order chi connectivity index (χ0) is 28.5. The molecule has 0 saturated carbocycles. The van der Waals surface area contributed by atoms with E-state index in [0.29, 0.717) is 35.0 Å². The van der Waals surface area contributed by atoms with Crippen molar-refractivity contribution in [3.05, 3.63) is 58.3 Å². The number of fused-ring (bicyclic) bond motifs is 4. The van der Waals surface area contributed by atoms with Crippen molar-refractivity contribution in [2.75, 3.05) is 20.1 Å². The fourth-order valence-corrected chi connectivity index (χ4v) is 7.34. The maximum atomic E-state index is 13.8. The van der Waals surface area contributed by atoms with E-state index in [-0.39, 0.29) is 24.2 Å². The van der Waals surface area contributed by atoms with Crippen molar-refractivity contribution in [3.8, 4) is 5.75 Å². The van der Waals surface area contributed by atoms with E-state index in [1.165, 1.54) is 0 Å². The highest BCUT2D eigenvalue weighted by Crippen LogP contribution is 2.47. The molecule has 1 aliphatic carbocycles. The lowest BCUT2D eigenvalue weighted by Crippen LogP contribution is -2.34. The van der Waals surface area contributed by atoms with Gasteiger partial charge in [-0.1, -0.05) is 26.0 Å². The monoisotopic (exact) mass is 583 g/mol. The Morgan fingerprint density at radius 2 is 1.74 bits per heavy atom. The molecule has 2 aromatic carbocycles. The van der Waals surface area contributed by atoms with Crippen LogP contribution in [0.1, 0.15) is 59.4 Å². The summed E-state index contributed by atoms with van der Waals surface area (Å²) in [5.41, 5.74) is -4.72. The summed E-state index contributed by atoms with van der Waals surface area (Å²) in [6.45, 7) is 3.58. The number of rotatable bonds is 5. The van der Waals surface area contributed by atoms with Crippen molar-refractivity contribution in [2.24, 2.45) is 4.99 Å². The molecule has 0 amide bonds. The number of hydrogen-bond acceptors (Lipinski definition) is 7. The van der Waals surface area contributed by atoms with Gasteiger partial charge in [0.25, 0.3) is 0 Å². The molecule has 0 atom stereocenters. The van der Waals surface area contributed by atoms with Gasteiger partial charge in [-0.05, 0) is 42.2 Å². The first kappa shape index (κ1) is 27.3. The number of halogens is 3. The molecule has 0 bridgehead atoms. The zero-order valence-electron chi connectivity index (χ0n) is 21.1. The third-order valence-corrected chi connectivity index (χ3v) is 10.0. The van der Waals surface area contributed by atoms with Gasteiger partial charge >= 0.3 is 15.6 Å². The molecule has 1 aromatic heterocycles. The second kappa shape index (κ2) is 8.89. The van der Waals surface area contributed by atoms with Crippen LogP contribution in [0.4, 0.5) is 13.2 Å². The molecular weight excluding hydrogens is 559 g/mol. The maximum Gasteiger partial charge on any atom is 0.534 e. The van der Waals surface area contributed by atoms with Crippen molar-refractivity contribution in [3.63, 3.8) is 0 Å². The molecule has 2 heterocycles. The molecule has 5 rings (SSSR count). The van der Waals surface area contributed by atoms with E-state index in [1.807, 2.05) is 0 Å². The van der Waals surface area contributed by atoms with Crippen molar-refractivity contribution in [1.82, 2.24) is 9.29 Å². The van der Waals surface area contributed by atoms with Crippen molar-refractivity contribution in [2.45, 2.75) is 42.5 Å². The maximum absolute atomic E-state index is 13.8. The highest BCUT2D eigenvalue weighted by Gasteiger charge is 2.50. The van der Waals surface area contributed by atoms with Crippen molar-refractivity contribution < 1.29 is 39.0 Å². The topological polar surface area (TPSA) is 126 Å². The molecule has 0 spiro atoms. The van der Waals surface area contributed by atoms with E-state index in [4.69, 9.17) is 0 Å².